The number of carbonyl (C=O) groups excluding carboxylic acids is 1. The fourth-order valence-electron chi connectivity index (χ4n) is 2.47. The van der Waals surface area contributed by atoms with E-state index in [1.807, 2.05) is 0 Å². The highest BCUT2D eigenvalue weighted by molar-refractivity contribution is 7.80. The topological polar surface area (TPSA) is 89.9 Å². The van der Waals surface area contributed by atoms with Gasteiger partial charge in [-0.25, -0.2) is 4.18 Å². The number of unbranched alkanes of at least 4 members (excludes halogenated alkanes) is 10. The van der Waals surface area contributed by atoms with Crippen LogP contribution in [0.3, 0.4) is 0 Å². The third-order valence-electron chi connectivity index (χ3n) is 3.76. The Balaban J connectivity index is 3.47. The highest BCUT2D eigenvalue weighted by Gasteiger charge is 2.16. The van der Waals surface area contributed by atoms with E-state index in [0.29, 0.717) is 0 Å². The van der Waals surface area contributed by atoms with Crippen LogP contribution in [0.4, 0.5) is 0 Å². The Morgan fingerprint density at radius 1 is 1.00 bits per heavy atom. The average Bonchev–Trinajstić information content (AvgIpc) is 2.49. The van der Waals surface area contributed by atoms with Crippen LogP contribution in [0, 0.1) is 0 Å². The lowest BCUT2D eigenvalue weighted by Gasteiger charge is -2.07. The molecule has 0 aromatic rings. The lowest BCUT2D eigenvalue weighted by molar-refractivity contribution is -0.139. The smallest absolute Gasteiger partial charge is 0.397 e. The van der Waals surface area contributed by atoms with E-state index in [1.54, 1.807) is 6.08 Å². The number of esters is 1. The van der Waals surface area contributed by atoms with Crippen molar-refractivity contribution in [1.82, 2.24) is 0 Å². The number of hydrogen-bond acceptors (Lipinski definition) is 5. The summed E-state index contributed by atoms with van der Waals surface area (Å²) in [6, 6.07) is 0. The van der Waals surface area contributed by atoms with E-state index in [1.165, 1.54) is 71.0 Å². The molecule has 0 aliphatic carbocycles. The summed E-state index contributed by atoms with van der Waals surface area (Å²) in [5.41, 5.74) is 0. The fraction of sp³-hybridized carbons (Fsp3) is 0.833. The van der Waals surface area contributed by atoms with Crippen LogP contribution in [0.5, 0.6) is 0 Å². The van der Waals surface area contributed by atoms with Gasteiger partial charge in [0.1, 0.15) is 0 Å². The van der Waals surface area contributed by atoms with Gasteiger partial charge >= 0.3 is 16.4 Å². The Morgan fingerprint density at radius 2 is 1.52 bits per heavy atom. The highest BCUT2D eigenvalue weighted by Crippen LogP contribution is 2.11. The molecule has 1 atom stereocenters. The van der Waals surface area contributed by atoms with Crippen LogP contribution >= 0.6 is 0 Å². The van der Waals surface area contributed by atoms with Crippen molar-refractivity contribution >= 4 is 16.4 Å². The van der Waals surface area contributed by atoms with Crippen LogP contribution in [0.15, 0.2) is 12.3 Å². The van der Waals surface area contributed by atoms with Gasteiger partial charge in [0.05, 0.1) is 18.8 Å². The van der Waals surface area contributed by atoms with Crippen molar-refractivity contribution in [3.05, 3.63) is 12.3 Å². The summed E-state index contributed by atoms with van der Waals surface area (Å²) in [6.45, 7) is 3.59. The molecule has 0 aromatic carbocycles. The standard InChI is InChI=1S/C18H34O6S/c1-3-4-5-6-7-8-9-10-11-12-13-14-15-23-18(19)16-17(2)24-25(20,21)22/h14-15,17H,3-13,16H2,1-2H3,(H,20,21,22). The first-order chi connectivity index (χ1) is 11.8. The molecule has 0 saturated heterocycles. The molecular formula is C18H34O6S. The Bertz CT molecular complexity index is 458. The Morgan fingerprint density at radius 3 is 2.04 bits per heavy atom. The van der Waals surface area contributed by atoms with Crippen LogP contribution in [0.25, 0.3) is 0 Å². The molecular weight excluding hydrogens is 344 g/mol. The molecule has 7 heteroatoms. The second kappa shape index (κ2) is 15.3. The summed E-state index contributed by atoms with van der Waals surface area (Å²) in [7, 11) is -4.54. The molecule has 0 spiro atoms. The van der Waals surface area contributed by atoms with E-state index in [0.717, 1.165) is 12.8 Å². The van der Waals surface area contributed by atoms with Gasteiger partial charge in [-0.1, -0.05) is 64.7 Å². The molecule has 25 heavy (non-hydrogen) atoms. The molecule has 0 aromatic heterocycles. The molecule has 0 bridgehead atoms. The van der Waals surface area contributed by atoms with Gasteiger partial charge in [0.15, 0.2) is 0 Å². The molecule has 1 unspecified atom stereocenters. The predicted octanol–water partition coefficient (Wildman–Crippen LogP) is 4.95. The molecule has 1 N–H and O–H groups in total. The molecule has 0 aliphatic rings. The fourth-order valence-corrected chi connectivity index (χ4v) is 2.95. The molecule has 0 saturated carbocycles. The molecule has 0 fully saturated rings. The van der Waals surface area contributed by atoms with Crippen molar-refractivity contribution in [3.8, 4) is 0 Å². The van der Waals surface area contributed by atoms with Crippen LogP contribution < -0.4 is 0 Å². The van der Waals surface area contributed by atoms with Gasteiger partial charge in [0.2, 0.25) is 0 Å². The van der Waals surface area contributed by atoms with Gasteiger partial charge in [-0.05, 0) is 25.8 Å². The van der Waals surface area contributed by atoms with Crippen LogP contribution in [0.2, 0.25) is 0 Å². The summed E-state index contributed by atoms with van der Waals surface area (Å²) in [5.74, 6) is -0.601. The van der Waals surface area contributed by atoms with Crippen molar-refractivity contribution < 1.29 is 26.7 Å². The van der Waals surface area contributed by atoms with Crippen molar-refractivity contribution in [2.75, 3.05) is 0 Å². The molecule has 0 radical (unpaired) electrons. The second-order valence-corrected chi connectivity index (χ2v) is 7.42. The van der Waals surface area contributed by atoms with E-state index >= 15 is 0 Å². The van der Waals surface area contributed by atoms with E-state index in [4.69, 9.17) is 9.29 Å². The molecule has 0 rings (SSSR count). The number of allylic oxidation sites excluding steroid dienone is 1. The average molecular weight is 379 g/mol. The second-order valence-electron chi connectivity index (χ2n) is 6.37. The summed E-state index contributed by atoms with van der Waals surface area (Å²) in [5, 5.41) is 0. The molecule has 0 heterocycles. The predicted molar refractivity (Wildman–Crippen MR) is 98.4 cm³/mol. The van der Waals surface area contributed by atoms with Gasteiger partial charge in [-0.15, -0.1) is 0 Å². The zero-order valence-electron chi connectivity index (χ0n) is 15.6. The Hall–Kier alpha value is -0.920. The van der Waals surface area contributed by atoms with E-state index in [9.17, 15) is 13.2 Å². The zero-order chi connectivity index (χ0) is 19.0. The van der Waals surface area contributed by atoms with Crippen LogP contribution in [0.1, 0.15) is 90.9 Å². The Kier molecular flexibility index (Phi) is 14.8. The van der Waals surface area contributed by atoms with Crippen LogP contribution in [-0.4, -0.2) is 25.0 Å². The molecule has 0 aliphatic heterocycles. The summed E-state index contributed by atoms with van der Waals surface area (Å²) >= 11 is 0. The van der Waals surface area contributed by atoms with Gasteiger partial charge < -0.3 is 4.74 Å². The van der Waals surface area contributed by atoms with E-state index < -0.39 is 22.5 Å². The highest BCUT2D eigenvalue weighted by atomic mass is 32.3. The molecule has 0 amide bonds. The van der Waals surface area contributed by atoms with Crippen LogP contribution in [-0.2, 0) is 24.1 Å². The maximum atomic E-state index is 11.4. The normalized spacial score (nSPS) is 13.2. The first-order valence-electron chi connectivity index (χ1n) is 9.35. The van der Waals surface area contributed by atoms with Gasteiger partial charge in [-0.3, -0.25) is 9.35 Å². The van der Waals surface area contributed by atoms with Crippen molar-refractivity contribution in [3.63, 3.8) is 0 Å². The third kappa shape index (κ3) is 19.3. The van der Waals surface area contributed by atoms with E-state index in [-0.39, 0.29) is 6.42 Å². The quantitative estimate of drug-likeness (QED) is 0.177. The minimum absolute atomic E-state index is 0.248. The summed E-state index contributed by atoms with van der Waals surface area (Å²) < 4.78 is 38.5. The summed E-state index contributed by atoms with van der Waals surface area (Å²) in [4.78, 5) is 11.4. The van der Waals surface area contributed by atoms with Gasteiger partial charge in [0.25, 0.3) is 0 Å². The third-order valence-corrected chi connectivity index (χ3v) is 4.33. The first-order valence-corrected chi connectivity index (χ1v) is 10.7. The first kappa shape index (κ1) is 24.1. The number of carbonyl (C=O) groups is 1. The number of ether oxygens (including phenoxy) is 1. The SMILES string of the molecule is CCCCCCCCCCCCC=COC(=O)CC(C)OS(=O)(=O)O. The minimum atomic E-state index is -4.54. The lowest BCUT2D eigenvalue weighted by Crippen LogP contribution is -2.18. The van der Waals surface area contributed by atoms with Crippen molar-refractivity contribution in [2.24, 2.45) is 0 Å². The lowest BCUT2D eigenvalue weighted by atomic mass is 10.1. The zero-order valence-corrected chi connectivity index (χ0v) is 16.4. The maximum absolute atomic E-state index is 11.4. The maximum Gasteiger partial charge on any atom is 0.397 e. The van der Waals surface area contributed by atoms with Crippen molar-refractivity contribution in [2.45, 2.75) is 97.0 Å². The minimum Gasteiger partial charge on any atom is -0.435 e. The number of hydrogen-bond donors (Lipinski definition) is 1. The Labute approximate surface area is 152 Å². The van der Waals surface area contributed by atoms with Gasteiger partial charge in [0, 0.05) is 0 Å². The largest absolute Gasteiger partial charge is 0.435 e. The molecule has 6 nitrogen and oxygen atoms in total. The van der Waals surface area contributed by atoms with E-state index in [2.05, 4.69) is 11.1 Å². The number of rotatable bonds is 16. The van der Waals surface area contributed by atoms with Crippen molar-refractivity contribution in [1.29, 1.82) is 0 Å². The monoisotopic (exact) mass is 378 g/mol. The van der Waals surface area contributed by atoms with Gasteiger partial charge in [-0.2, -0.15) is 8.42 Å². The summed E-state index contributed by atoms with van der Waals surface area (Å²) in [6.07, 6.45) is 15.5. The molecule has 148 valence electrons.